The third-order valence-electron chi connectivity index (χ3n) is 5.62. The number of nitrogens with two attached hydrogens (primary N) is 1. The number of guanidine groups is 2. The molecule has 0 spiro atoms. The van der Waals surface area contributed by atoms with Crippen LogP contribution in [0, 0.1) is 5.82 Å². The Kier molecular flexibility index (Phi) is 8.05. The molecule has 31 heavy (non-hydrogen) atoms. The van der Waals surface area contributed by atoms with Crippen molar-refractivity contribution in [3.63, 3.8) is 0 Å². The van der Waals surface area contributed by atoms with E-state index in [1.807, 2.05) is 14.1 Å². The fourth-order valence-corrected chi connectivity index (χ4v) is 3.92. The number of nitrogens with one attached hydrogen (secondary N) is 2. The third kappa shape index (κ3) is 5.84. The third-order valence-corrected chi connectivity index (χ3v) is 5.62. The lowest BCUT2D eigenvalue weighted by Gasteiger charge is -2.34. The number of rotatable bonds is 8. The smallest absolute Gasteiger partial charge is 0.224 e. The molecular weight excluding hydrogens is 399 g/mol. The Labute approximate surface area is 184 Å². The predicted octanol–water partition coefficient (Wildman–Crippen LogP) is 0.834. The molecule has 2 atom stereocenters. The summed E-state index contributed by atoms with van der Waals surface area (Å²) in [5.74, 6) is 0.751. The van der Waals surface area contributed by atoms with E-state index < -0.39 is 12.1 Å². The minimum atomic E-state index is -0.736. The van der Waals surface area contributed by atoms with Gasteiger partial charge in [-0.1, -0.05) is 6.92 Å². The number of nitrogens with zero attached hydrogens (tertiary/aromatic N) is 5. The lowest BCUT2D eigenvalue weighted by molar-refractivity contribution is 0.267. The molecule has 1 aromatic rings. The van der Waals surface area contributed by atoms with Gasteiger partial charge in [0.15, 0.2) is 17.9 Å². The lowest BCUT2D eigenvalue weighted by atomic mass is 10.2. The molecule has 1 fully saturated rings. The number of ether oxygens (including phenoxy) is 1. The lowest BCUT2D eigenvalue weighted by Crippen LogP contribution is -2.56. The molecule has 0 amide bonds. The highest BCUT2D eigenvalue weighted by Gasteiger charge is 2.29. The zero-order chi connectivity index (χ0) is 22.4. The van der Waals surface area contributed by atoms with Crippen LogP contribution in [0.5, 0.6) is 5.75 Å². The highest BCUT2D eigenvalue weighted by molar-refractivity contribution is 6.05. The van der Waals surface area contributed by atoms with Crippen molar-refractivity contribution in [2.45, 2.75) is 32.1 Å². The molecule has 2 aliphatic heterocycles. The quantitative estimate of drug-likeness (QED) is 0.558. The van der Waals surface area contributed by atoms with Crippen molar-refractivity contribution in [3.05, 3.63) is 24.0 Å². The number of aliphatic imine (C=N–C) groups is 2. The van der Waals surface area contributed by atoms with Crippen molar-refractivity contribution >= 4 is 17.6 Å². The molecule has 9 nitrogen and oxygen atoms in total. The van der Waals surface area contributed by atoms with Gasteiger partial charge in [-0.25, -0.2) is 9.38 Å². The van der Waals surface area contributed by atoms with Crippen molar-refractivity contribution in [2.24, 2.45) is 15.7 Å². The van der Waals surface area contributed by atoms with Gasteiger partial charge in [0.25, 0.3) is 0 Å². The molecule has 172 valence electrons. The highest BCUT2D eigenvalue weighted by Crippen LogP contribution is 2.26. The van der Waals surface area contributed by atoms with E-state index in [1.54, 1.807) is 17.0 Å². The molecular formula is C21H35FN8O. The maximum Gasteiger partial charge on any atom is 0.224 e. The number of benzene rings is 1. The number of hydrogen-bond donors (Lipinski definition) is 3. The molecule has 1 aromatic carbocycles. The standard InChI is InChI=1S/C21H35FN8O/c1-5-29-11-6-7-16(29)14-25-21-27-20(24-10-12-28(2)3)26-19(23)30(21)15-8-9-18(31-4)17(22)13-15/h8-9,13,16,19H,5-7,10-12,14,23H2,1-4H3,(H2,24,25,26,27). The van der Waals surface area contributed by atoms with Gasteiger partial charge in [-0.15, -0.1) is 0 Å². The number of halogens is 1. The SMILES string of the molecule is CCN1CCCC1CNC1=NC(NCCN(C)C)=NC(N)N1c1ccc(OC)c(F)c1. The van der Waals surface area contributed by atoms with Gasteiger partial charge in [-0.3, -0.25) is 15.5 Å². The van der Waals surface area contributed by atoms with E-state index in [-0.39, 0.29) is 5.75 Å². The van der Waals surface area contributed by atoms with Crippen LogP contribution in [0.4, 0.5) is 10.1 Å². The number of hydrogen-bond acceptors (Lipinski definition) is 9. The van der Waals surface area contributed by atoms with E-state index in [2.05, 4.69) is 37.3 Å². The van der Waals surface area contributed by atoms with Crippen molar-refractivity contribution in [1.29, 1.82) is 0 Å². The van der Waals surface area contributed by atoms with Crippen LogP contribution in [0.25, 0.3) is 0 Å². The summed E-state index contributed by atoms with van der Waals surface area (Å²) < 4.78 is 19.4. The van der Waals surface area contributed by atoms with Gasteiger partial charge in [-0.2, -0.15) is 4.99 Å². The Bertz CT molecular complexity index is 800. The molecule has 0 bridgehead atoms. The van der Waals surface area contributed by atoms with Crippen LogP contribution in [-0.2, 0) is 0 Å². The van der Waals surface area contributed by atoms with Gasteiger partial charge in [0.1, 0.15) is 0 Å². The second-order valence-corrected chi connectivity index (χ2v) is 8.03. The summed E-state index contributed by atoms with van der Waals surface area (Å²) in [7, 11) is 5.46. The van der Waals surface area contributed by atoms with E-state index in [0.717, 1.165) is 32.6 Å². The van der Waals surface area contributed by atoms with Gasteiger partial charge in [-0.05, 0) is 52.2 Å². The molecule has 2 aliphatic rings. The molecule has 0 saturated carbocycles. The van der Waals surface area contributed by atoms with Gasteiger partial charge < -0.3 is 20.3 Å². The zero-order valence-corrected chi connectivity index (χ0v) is 18.9. The van der Waals surface area contributed by atoms with Crippen LogP contribution in [0.15, 0.2) is 28.2 Å². The molecule has 2 heterocycles. The average Bonchev–Trinajstić information content (AvgIpc) is 3.19. The molecule has 3 rings (SSSR count). The Morgan fingerprint density at radius 2 is 2.13 bits per heavy atom. The van der Waals surface area contributed by atoms with Crippen molar-refractivity contribution < 1.29 is 9.13 Å². The Morgan fingerprint density at radius 3 is 2.81 bits per heavy atom. The first kappa shape index (κ1) is 23.2. The highest BCUT2D eigenvalue weighted by atomic mass is 19.1. The number of methoxy groups -OCH3 is 1. The van der Waals surface area contributed by atoms with Crippen LogP contribution in [0.3, 0.4) is 0 Å². The maximum atomic E-state index is 14.4. The predicted molar refractivity (Wildman–Crippen MR) is 123 cm³/mol. The van der Waals surface area contributed by atoms with Gasteiger partial charge in [0, 0.05) is 31.7 Å². The van der Waals surface area contributed by atoms with Crippen LogP contribution >= 0.6 is 0 Å². The van der Waals surface area contributed by atoms with E-state index >= 15 is 0 Å². The second-order valence-electron chi connectivity index (χ2n) is 8.03. The molecule has 10 heteroatoms. The number of anilines is 1. The Morgan fingerprint density at radius 1 is 1.32 bits per heavy atom. The van der Waals surface area contributed by atoms with Gasteiger partial charge in [0.05, 0.1) is 12.8 Å². The molecule has 0 aliphatic carbocycles. The average molecular weight is 435 g/mol. The fourth-order valence-electron chi connectivity index (χ4n) is 3.92. The Hall–Kier alpha value is -2.43. The molecule has 1 saturated heterocycles. The summed E-state index contributed by atoms with van der Waals surface area (Å²) in [5.41, 5.74) is 6.95. The summed E-state index contributed by atoms with van der Waals surface area (Å²) in [5, 5.41) is 6.69. The fraction of sp³-hybridized carbons (Fsp3) is 0.619. The Balaban J connectivity index is 1.81. The summed E-state index contributed by atoms with van der Waals surface area (Å²) in [6, 6.07) is 5.16. The van der Waals surface area contributed by atoms with Gasteiger partial charge >= 0.3 is 0 Å². The molecule has 2 unspecified atom stereocenters. The van der Waals surface area contributed by atoms with Crippen molar-refractivity contribution in [2.75, 3.05) is 58.8 Å². The molecule has 4 N–H and O–H groups in total. The summed E-state index contributed by atoms with van der Waals surface area (Å²) in [4.78, 5) is 15.4. The molecule has 0 aromatic heterocycles. The van der Waals surface area contributed by atoms with E-state index in [1.165, 1.54) is 19.6 Å². The zero-order valence-electron chi connectivity index (χ0n) is 18.9. The number of likely N-dealkylation sites (N-methyl/N-ethyl adjacent to an activating group) is 2. The van der Waals surface area contributed by atoms with Crippen LogP contribution < -0.4 is 26.0 Å². The second kappa shape index (κ2) is 10.7. The van der Waals surface area contributed by atoms with Gasteiger partial charge in [0.2, 0.25) is 11.9 Å². The minimum Gasteiger partial charge on any atom is -0.494 e. The van der Waals surface area contributed by atoms with E-state index in [0.29, 0.717) is 30.2 Å². The van der Waals surface area contributed by atoms with Crippen LogP contribution in [-0.4, -0.2) is 88.0 Å². The maximum absolute atomic E-state index is 14.4. The first-order valence-electron chi connectivity index (χ1n) is 10.8. The first-order valence-corrected chi connectivity index (χ1v) is 10.8. The summed E-state index contributed by atoms with van der Waals surface area (Å²) in [6.45, 7) is 6.58. The van der Waals surface area contributed by atoms with Crippen LogP contribution in [0.2, 0.25) is 0 Å². The van der Waals surface area contributed by atoms with Crippen molar-refractivity contribution in [3.8, 4) is 5.75 Å². The molecule has 0 radical (unpaired) electrons. The summed E-state index contributed by atoms with van der Waals surface area (Å²) in [6.07, 6.45) is 1.60. The largest absolute Gasteiger partial charge is 0.494 e. The first-order chi connectivity index (χ1) is 14.9. The van der Waals surface area contributed by atoms with Crippen LogP contribution in [0.1, 0.15) is 19.8 Å². The van der Waals surface area contributed by atoms with Crippen molar-refractivity contribution in [1.82, 2.24) is 20.4 Å². The normalized spacial score (nSPS) is 21.8. The van der Waals surface area contributed by atoms with E-state index in [9.17, 15) is 4.39 Å². The number of likely N-dealkylation sites (tertiary alicyclic amines) is 1. The summed E-state index contributed by atoms with van der Waals surface area (Å²) >= 11 is 0. The minimum absolute atomic E-state index is 0.180. The topological polar surface area (TPSA) is 93.8 Å². The van der Waals surface area contributed by atoms with E-state index in [4.69, 9.17) is 10.5 Å². The monoisotopic (exact) mass is 434 g/mol.